The summed E-state index contributed by atoms with van der Waals surface area (Å²) in [7, 11) is 0. The van der Waals surface area contributed by atoms with E-state index in [1.54, 1.807) is 24.3 Å². The van der Waals surface area contributed by atoms with E-state index in [2.05, 4.69) is 4.98 Å². The molecule has 0 amide bonds. The van der Waals surface area contributed by atoms with Crippen LogP contribution >= 0.6 is 11.6 Å². The first kappa shape index (κ1) is 10.5. The number of anilines is 1. The van der Waals surface area contributed by atoms with Crippen LogP contribution in [0.4, 0.5) is 6.01 Å². The number of aromatic nitrogens is 1. The number of rotatable bonds is 2. The molecule has 0 radical (unpaired) electrons. The molecule has 0 saturated heterocycles. The first-order chi connectivity index (χ1) is 7.59. The predicted molar refractivity (Wildman–Crippen MR) is 58.3 cm³/mol. The van der Waals surface area contributed by atoms with Crippen molar-refractivity contribution < 1.29 is 14.3 Å². The van der Waals surface area contributed by atoms with Crippen LogP contribution in [0, 0.1) is 0 Å². The second-order valence-electron chi connectivity index (χ2n) is 3.01. The lowest BCUT2D eigenvalue weighted by Crippen LogP contribution is -1.96. The minimum absolute atomic E-state index is 0.135. The highest BCUT2D eigenvalue weighted by atomic mass is 35.5. The quantitative estimate of drug-likeness (QED) is 0.838. The summed E-state index contributed by atoms with van der Waals surface area (Å²) in [6.45, 7) is 0. The molecule has 1 aromatic heterocycles. The molecular formula is C10H7ClN2O3. The Kier molecular flexibility index (Phi) is 2.54. The molecule has 0 fully saturated rings. The van der Waals surface area contributed by atoms with Crippen LogP contribution in [-0.2, 0) is 0 Å². The zero-order chi connectivity index (χ0) is 11.7. The van der Waals surface area contributed by atoms with Crippen LogP contribution in [0.1, 0.15) is 10.6 Å². The Morgan fingerprint density at radius 3 is 2.75 bits per heavy atom. The Hall–Kier alpha value is -2.01. The zero-order valence-electron chi connectivity index (χ0n) is 7.98. The topological polar surface area (TPSA) is 89.3 Å². The van der Waals surface area contributed by atoms with E-state index in [1.165, 1.54) is 0 Å². The molecule has 0 aliphatic heterocycles. The molecule has 2 aromatic rings. The Morgan fingerprint density at radius 1 is 1.44 bits per heavy atom. The third-order valence-electron chi connectivity index (χ3n) is 1.97. The summed E-state index contributed by atoms with van der Waals surface area (Å²) < 4.78 is 4.79. The molecular weight excluding hydrogens is 232 g/mol. The highest BCUT2D eigenvalue weighted by Gasteiger charge is 2.21. The van der Waals surface area contributed by atoms with Gasteiger partial charge in [-0.15, -0.1) is 0 Å². The zero-order valence-corrected chi connectivity index (χ0v) is 8.73. The van der Waals surface area contributed by atoms with Crippen molar-refractivity contribution >= 4 is 23.6 Å². The van der Waals surface area contributed by atoms with Crippen molar-refractivity contribution in [3.05, 3.63) is 35.0 Å². The van der Waals surface area contributed by atoms with Gasteiger partial charge in [0.2, 0.25) is 5.76 Å². The van der Waals surface area contributed by atoms with Crippen molar-refractivity contribution in [1.82, 2.24) is 4.98 Å². The van der Waals surface area contributed by atoms with Crippen molar-refractivity contribution in [2.24, 2.45) is 0 Å². The summed E-state index contributed by atoms with van der Waals surface area (Å²) in [5.74, 6) is -1.55. The molecule has 0 saturated carbocycles. The molecule has 5 nitrogen and oxygen atoms in total. The van der Waals surface area contributed by atoms with Crippen LogP contribution in [-0.4, -0.2) is 16.1 Å². The number of carboxylic acids is 1. The molecule has 6 heteroatoms. The fourth-order valence-electron chi connectivity index (χ4n) is 1.32. The lowest BCUT2D eigenvalue weighted by atomic mass is 10.1. The summed E-state index contributed by atoms with van der Waals surface area (Å²) in [6.07, 6.45) is 0. The van der Waals surface area contributed by atoms with E-state index in [0.29, 0.717) is 10.6 Å². The molecule has 16 heavy (non-hydrogen) atoms. The van der Waals surface area contributed by atoms with Gasteiger partial charge in [-0.3, -0.25) is 0 Å². The van der Waals surface area contributed by atoms with E-state index < -0.39 is 5.97 Å². The molecule has 82 valence electrons. The number of oxazole rings is 1. The van der Waals surface area contributed by atoms with E-state index >= 15 is 0 Å². The van der Waals surface area contributed by atoms with Gasteiger partial charge in [-0.2, -0.15) is 4.98 Å². The maximum atomic E-state index is 10.9. The molecule has 3 N–H and O–H groups in total. The van der Waals surface area contributed by atoms with E-state index in [9.17, 15) is 4.79 Å². The summed E-state index contributed by atoms with van der Waals surface area (Å²) in [4.78, 5) is 14.7. The lowest BCUT2D eigenvalue weighted by molar-refractivity contribution is 0.0665. The minimum Gasteiger partial charge on any atom is -0.475 e. The smallest absolute Gasteiger partial charge is 0.374 e. The van der Waals surface area contributed by atoms with Gasteiger partial charge in [-0.05, 0) is 6.07 Å². The van der Waals surface area contributed by atoms with Gasteiger partial charge in [0.05, 0.1) is 5.02 Å². The molecule has 0 aliphatic rings. The van der Waals surface area contributed by atoms with Gasteiger partial charge in [0, 0.05) is 5.56 Å². The normalized spacial score (nSPS) is 10.3. The number of nitrogens with zero attached hydrogens (tertiary/aromatic N) is 1. The van der Waals surface area contributed by atoms with Crippen molar-refractivity contribution in [3.8, 4) is 11.3 Å². The number of nitrogen functional groups attached to an aromatic ring is 1. The van der Waals surface area contributed by atoms with Gasteiger partial charge in [0.25, 0.3) is 6.01 Å². The average Bonchev–Trinajstić information content (AvgIpc) is 2.61. The standard InChI is InChI=1S/C10H7ClN2O3/c11-6-4-2-1-3-5(6)7-8(9(14)15)16-10(12)13-7/h1-4H,(H2,12,13)(H,14,15). The summed E-state index contributed by atoms with van der Waals surface area (Å²) in [6, 6.07) is 6.53. The number of carbonyl (C=O) groups is 1. The summed E-state index contributed by atoms with van der Waals surface area (Å²) in [5.41, 5.74) is 5.93. The third-order valence-corrected chi connectivity index (χ3v) is 2.30. The second-order valence-corrected chi connectivity index (χ2v) is 3.42. The van der Waals surface area contributed by atoms with Gasteiger partial charge in [-0.1, -0.05) is 29.8 Å². The number of benzene rings is 1. The lowest BCUT2D eigenvalue weighted by Gasteiger charge is -1.99. The van der Waals surface area contributed by atoms with Gasteiger partial charge in [0.1, 0.15) is 5.69 Å². The highest BCUT2D eigenvalue weighted by molar-refractivity contribution is 6.33. The number of halogens is 1. The summed E-state index contributed by atoms with van der Waals surface area (Å²) in [5, 5.41) is 9.29. The van der Waals surface area contributed by atoms with E-state index in [4.69, 9.17) is 26.9 Å². The van der Waals surface area contributed by atoms with E-state index in [-0.39, 0.29) is 17.5 Å². The van der Waals surface area contributed by atoms with Crippen LogP contribution < -0.4 is 5.73 Å². The number of nitrogens with two attached hydrogens (primary N) is 1. The average molecular weight is 239 g/mol. The third kappa shape index (κ3) is 1.72. The molecule has 1 aromatic carbocycles. The number of hydrogen-bond donors (Lipinski definition) is 2. The number of hydrogen-bond acceptors (Lipinski definition) is 4. The van der Waals surface area contributed by atoms with Crippen LogP contribution in [0.25, 0.3) is 11.3 Å². The summed E-state index contributed by atoms with van der Waals surface area (Å²) >= 11 is 5.93. The molecule has 0 unspecified atom stereocenters. The van der Waals surface area contributed by atoms with Crippen LogP contribution in [0.5, 0.6) is 0 Å². The van der Waals surface area contributed by atoms with E-state index in [0.717, 1.165) is 0 Å². The Balaban J connectivity index is 2.64. The molecule has 0 atom stereocenters. The van der Waals surface area contributed by atoms with Crippen LogP contribution in [0.2, 0.25) is 5.02 Å². The second kappa shape index (κ2) is 3.86. The van der Waals surface area contributed by atoms with Gasteiger partial charge < -0.3 is 15.3 Å². The Labute approximate surface area is 95.5 Å². The van der Waals surface area contributed by atoms with Gasteiger partial charge in [0.15, 0.2) is 0 Å². The number of aromatic carboxylic acids is 1. The van der Waals surface area contributed by atoms with Crippen molar-refractivity contribution in [1.29, 1.82) is 0 Å². The SMILES string of the molecule is Nc1nc(-c2ccccc2Cl)c(C(=O)O)o1. The molecule has 0 bridgehead atoms. The Bertz CT molecular complexity index is 551. The maximum absolute atomic E-state index is 10.9. The first-order valence-electron chi connectivity index (χ1n) is 4.34. The highest BCUT2D eigenvalue weighted by Crippen LogP contribution is 2.30. The largest absolute Gasteiger partial charge is 0.475 e. The molecule has 0 aliphatic carbocycles. The maximum Gasteiger partial charge on any atom is 0.374 e. The fourth-order valence-corrected chi connectivity index (χ4v) is 1.54. The molecule has 1 heterocycles. The van der Waals surface area contributed by atoms with Crippen molar-refractivity contribution in [2.75, 3.05) is 5.73 Å². The van der Waals surface area contributed by atoms with Crippen molar-refractivity contribution in [2.45, 2.75) is 0 Å². The Morgan fingerprint density at radius 2 is 2.12 bits per heavy atom. The molecule has 2 rings (SSSR count). The molecule has 0 spiro atoms. The minimum atomic E-state index is -1.24. The van der Waals surface area contributed by atoms with Crippen molar-refractivity contribution in [3.63, 3.8) is 0 Å². The van der Waals surface area contributed by atoms with Gasteiger partial charge in [-0.25, -0.2) is 4.79 Å². The predicted octanol–water partition coefficient (Wildman–Crippen LogP) is 2.28. The van der Waals surface area contributed by atoms with Gasteiger partial charge >= 0.3 is 5.97 Å². The van der Waals surface area contributed by atoms with E-state index in [1.807, 2.05) is 0 Å². The van der Waals surface area contributed by atoms with Crippen LogP contribution in [0.15, 0.2) is 28.7 Å². The number of carboxylic acid groups (broad SMARTS) is 1. The first-order valence-corrected chi connectivity index (χ1v) is 4.72. The fraction of sp³-hybridized carbons (Fsp3) is 0. The van der Waals surface area contributed by atoms with Crippen LogP contribution in [0.3, 0.4) is 0 Å². The monoisotopic (exact) mass is 238 g/mol.